The molecule has 0 fully saturated rings. The van der Waals surface area contributed by atoms with Crippen molar-refractivity contribution in [2.45, 2.75) is 52.6 Å². The van der Waals surface area contributed by atoms with Crippen LogP contribution in [0.25, 0.3) is 10.8 Å². The first kappa shape index (κ1) is 15.6. The second-order valence-electron chi connectivity index (χ2n) is 5.75. The molecule has 1 amide bonds. The zero-order chi connectivity index (χ0) is 15.4. The Morgan fingerprint density at radius 2 is 1.52 bits per heavy atom. The highest BCUT2D eigenvalue weighted by Gasteiger charge is 2.25. The SMILES string of the molecule is CCC(C)N(C(=O)c1cccc2ccccc12)C(C)CC. The van der Waals surface area contributed by atoms with Gasteiger partial charge in [-0.1, -0.05) is 50.2 Å². The maximum atomic E-state index is 13.1. The van der Waals surface area contributed by atoms with Crippen molar-refractivity contribution in [2.75, 3.05) is 0 Å². The molecule has 0 heterocycles. The highest BCUT2D eigenvalue weighted by atomic mass is 16.2. The van der Waals surface area contributed by atoms with E-state index >= 15 is 0 Å². The van der Waals surface area contributed by atoms with Crippen molar-refractivity contribution in [1.82, 2.24) is 4.90 Å². The molecule has 0 bridgehead atoms. The zero-order valence-electron chi connectivity index (χ0n) is 13.5. The smallest absolute Gasteiger partial charge is 0.254 e. The highest BCUT2D eigenvalue weighted by Crippen LogP contribution is 2.23. The van der Waals surface area contributed by atoms with Crippen molar-refractivity contribution in [3.63, 3.8) is 0 Å². The van der Waals surface area contributed by atoms with Gasteiger partial charge in [0.25, 0.3) is 5.91 Å². The minimum atomic E-state index is 0.149. The van der Waals surface area contributed by atoms with E-state index in [9.17, 15) is 4.79 Å². The van der Waals surface area contributed by atoms with Gasteiger partial charge in [0, 0.05) is 17.6 Å². The van der Waals surface area contributed by atoms with E-state index in [-0.39, 0.29) is 18.0 Å². The van der Waals surface area contributed by atoms with E-state index in [1.54, 1.807) is 0 Å². The zero-order valence-corrected chi connectivity index (χ0v) is 13.5. The summed E-state index contributed by atoms with van der Waals surface area (Å²) >= 11 is 0. The molecule has 2 nitrogen and oxygen atoms in total. The van der Waals surface area contributed by atoms with Gasteiger partial charge in [-0.2, -0.15) is 0 Å². The average molecular weight is 283 g/mol. The summed E-state index contributed by atoms with van der Waals surface area (Å²) < 4.78 is 0. The average Bonchev–Trinajstić information content (AvgIpc) is 2.53. The predicted molar refractivity (Wildman–Crippen MR) is 89.6 cm³/mol. The molecular formula is C19H25NO. The Balaban J connectivity index is 2.48. The summed E-state index contributed by atoms with van der Waals surface area (Å²) in [6, 6.07) is 14.6. The largest absolute Gasteiger partial charge is 0.333 e. The van der Waals surface area contributed by atoms with Crippen molar-refractivity contribution in [3.05, 3.63) is 48.0 Å². The molecular weight excluding hydrogens is 258 g/mol. The van der Waals surface area contributed by atoms with Crippen molar-refractivity contribution in [2.24, 2.45) is 0 Å². The quantitative estimate of drug-likeness (QED) is 0.766. The van der Waals surface area contributed by atoms with Crippen LogP contribution in [0.3, 0.4) is 0 Å². The van der Waals surface area contributed by atoms with Crippen LogP contribution in [0.5, 0.6) is 0 Å². The van der Waals surface area contributed by atoms with Crippen LogP contribution < -0.4 is 0 Å². The molecule has 0 aromatic heterocycles. The first-order chi connectivity index (χ1) is 10.1. The minimum absolute atomic E-state index is 0.149. The minimum Gasteiger partial charge on any atom is -0.333 e. The van der Waals surface area contributed by atoms with Crippen LogP contribution in [0.1, 0.15) is 50.9 Å². The van der Waals surface area contributed by atoms with E-state index in [4.69, 9.17) is 0 Å². The summed E-state index contributed by atoms with van der Waals surface area (Å²) in [5.74, 6) is 0.149. The van der Waals surface area contributed by atoms with E-state index in [0.717, 1.165) is 29.2 Å². The van der Waals surface area contributed by atoms with Gasteiger partial charge < -0.3 is 4.90 Å². The number of amides is 1. The monoisotopic (exact) mass is 283 g/mol. The van der Waals surface area contributed by atoms with Crippen molar-refractivity contribution in [1.29, 1.82) is 0 Å². The number of nitrogens with zero attached hydrogens (tertiary/aromatic N) is 1. The van der Waals surface area contributed by atoms with Gasteiger partial charge in [-0.05, 0) is 43.5 Å². The van der Waals surface area contributed by atoms with E-state index < -0.39 is 0 Å². The molecule has 2 unspecified atom stereocenters. The lowest BCUT2D eigenvalue weighted by Gasteiger charge is -2.34. The van der Waals surface area contributed by atoms with Gasteiger partial charge in [0.2, 0.25) is 0 Å². The molecule has 0 saturated carbocycles. The van der Waals surface area contributed by atoms with Crippen LogP contribution in [0, 0.1) is 0 Å². The number of carbonyl (C=O) groups is 1. The molecule has 2 atom stereocenters. The van der Waals surface area contributed by atoms with Crippen LogP contribution in [-0.2, 0) is 0 Å². The normalized spacial score (nSPS) is 13.9. The topological polar surface area (TPSA) is 20.3 Å². The Kier molecular flexibility index (Phi) is 5.00. The van der Waals surface area contributed by atoms with Gasteiger partial charge >= 0.3 is 0 Å². The lowest BCUT2D eigenvalue weighted by atomic mass is 10.0. The Morgan fingerprint density at radius 3 is 2.14 bits per heavy atom. The Labute approximate surface area is 127 Å². The molecule has 2 aromatic rings. The maximum Gasteiger partial charge on any atom is 0.254 e. The summed E-state index contributed by atoms with van der Waals surface area (Å²) in [4.78, 5) is 15.1. The molecule has 2 heteroatoms. The Morgan fingerprint density at radius 1 is 0.952 bits per heavy atom. The lowest BCUT2D eigenvalue weighted by Crippen LogP contribution is -2.44. The van der Waals surface area contributed by atoms with Gasteiger partial charge in [0.05, 0.1) is 0 Å². The molecule has 0 radical (unpaired) electrons. The lowest BCUT2D eigenvalue weighted by molar-refractivity contribution is 0.0600. The Bertz CT molecular complexity index is 604. The van der Waals surface area contributed by atoms with E-state index in [2.05, 4.69) is 39.8 Å². The van der Waals surface area contributed by atoms with Gasteiger partial charge in [-0.25, -0.2) is 0 Å². The fraction of sp³-hybridized carbons (Fsp3) is 0.421. The molecule has 0 saturated heterocycles. The van der Waals surface area contributed by atoms with Gasteiger partial charge in [0.1, 0.15) is 0 Å². The number of carbonyl (C=O) groups excluding carboxylic acids is 1. The standard InChI is InChI=1S/C19H25NO/c1-5-14(3)20(15(4)6-2)19(21)18-13-9-11-16-10-7-8-12-17(16)18/h7-15H,5-6H2,1-4H3. The van der Waals surface area contributed by atoms with Gasteiger partial charge in [0.15, 0.2) is 0 Å². The molecule has 2 aromatic carbocycles. The molecule has 0 spiro atoms. The van der Waals surface area contributed by atoms with Crippen molar-refractivity contribution in [3.8, 4) is 0 Å². The van der Waals surface area contributed by atoms with E-state index in [1.807, 2.05) is 35.2 Å². The van der Waals surface area contributed by atoms with Crippen molar-refractivity contribution >= 4 is 16.7 Å². The summed E-state index contributed by atoms with van der Waals surface area (Å²) in [5.41, 5.74) is 0.814. The second-order valence-corrected chi connectivity index (χ2v) is 5.75. The molecule has 0 aliphatic carbocycles. The molecule has 0 N–H and O–H groups in total. The third kappa shape index (κ3) is 3.10. The van der Waals surface area contributed by atoms with Gasteiger partial charge in [-0.3, -0.25) is 4.79 Å². The number of hydrogen-bond donors (Lipinski definition) is 0. The van der Waals surface area contributed by atoms with Crippen LogP contribution >= 0.6 is 0 Å². The summed E-state index contributed by atoms with van der Waals surface area (Å²) in [7, 11) is 0. The highest BCUT2D eigenvalue weighted by molar-refractivity contribution is 6.07. The number of benzene rings is 2. The maximum absolute atomic E-state index is 13.1. The fourth-order valence-electron chi connectivity index (χ4n) is 2.78. The Hall–Kier alpha value is -1.83. The van der Waals surface area contributed by atoms with Crippen LogP contribution in [0.4, 0.5) is 0 Å². The molecule has 112 valence electrons. The van der Waals surface area contributed by atoms with Crippen LogP contribution in [0.2, 0.25) is 0 Å². The molecule has 21 heavy (non-hydrogen) atoms. The second kappa shape index (κ2) is 6.75. The fourth-order valence-corrected chi connectivity index (χ4v) is 2.78. The first-order valence-electron chi connectivity index (χ1n) is 7.90. The summed E-state index contributed by atoms with van der Waals surface area (Å²) in [6.07, 6.45) is 1.95. The van der Waals surface area contributed by atoms with Gasteiger partial charge in [-0.15, -0.1) is 0 Å². The summed E-state index contributed by atoms with van der Waals surface area (Å²) in [5, 5.41) is 2.17. The van der Waals surface area contributed by atoms with E-state index in [0.29, 0.717) is 0 Å². The number of rotatable bonds is 5. The predicted octanol–water partition coefficient (Wildman–Crippen LogP) is 4.88. The van der Waals surface area contributed by atoms with Crippen molar-refractivity contribution < 1.29 is 4.79 Å². The van der Waals surface area contributed by atoms with Crippen LogP contribution in [0.15, 0.2) is 42.5 Å². The number of fused-ring (bicyclic) bond motifs is 1. The third-order valence-corrected chi connectivity index (χ3v) is 4.39. The van der Waals surface area contributed by atoms with Crippen LogP contribution in [-0.4, -0.2) is 22.9 Å². The van der Waals surface area contributed by atoms with E-state index in [1.165, 1.54) is 0 Å². The number of hydrogen-bond acceptors (Lipinski definition) is 1. The summed E-state index contributed by atoms with van der Waals surface area (Å²) in [6.45, 7) is 8.54. The third-order valence-electron chi connectivity index (χ3n) is 4.39. The first-order valence-corrected chi connectivity index (χ1v) is 7.90. The molecule has 0 aliphatic heterocycles. The molecule has 0 aliphatic rings. The molecule has 2 rings (SSSR count).